The lowest BCUT2D eigenvalue weighted by molar-refractivity contribution is 0.277. The van der Waals surface area contributed by atoms with Gasteiger partial charge in [-0.1, -0.05) is 6.92 Å². The maximum absolute atomic E-state index is 8.72. The molecule has 12 heavy (non-hydrogen) atoms. The summed E-state index contributed by atoms with van der Waals surface area (Å²) in [6, 6.07) is 1.98. The van der Waals surface area contributed by atoms with Gasteiger partial charge in [-0.05, 0) is 6.42 Å². The molecule has 1 aromatic heterocycles. The van der Waals surface area contributed by atoms with Gasteiger partial charge in [0.1, 0.15) is 6.04 Å². The van der Waals surface area contributed by atoms with Gasteiger partial charge in [0, 0.05) is 6.20 Å². The van der Waals surface area contributed by atoms with Crippen molar-refractivity contribution in [1.82, 2.24) is 9.55 Å². The Bertz CT molecular complexity index is 287. The first-order chi connectivity index (χ1) is 5.81. The first-order valence-corrected chi connectivity index (χ1v) is 3.84. The van der Waals surface area contributed by atoms with Crippen LogP contribution in [0, 0.1) is 11.3 Å². The molecule has 0 saturated carbocycles. The Balaban J connectivity index is 2.81. The monoisotopic (exact) mass is 165 g/mol. The molecule has 1 unspecified atom stereocenters. The van der Waals surface area contributed by atoms with Gasteiger partial charge >= 0.3 is 0 Å². The van der Waals surface area contributed by atoms with E-state index < -0.39 is 0 Å². The van der Waals surface area contributed by atoms with Crippen LogP contribution in [0.25, 0.3) is 0 Å². The summed E-state index contributed by atoms with van der Waals surface area (Å²) < 4.78 is 1.71. The van der Waals surface area contributed by atoms with Crippen LogP contribution in [0.1, 0.15) is 25.1 Å². The molecule has 4 nitrogen and oxygen atoms in total. The molecule has 0 spiro atoms. The molecule has 0 aliphatic heterocycles. The molecule has 1 aromatic rings. The Kier molecular flexibility index (Phi) is 2.83. The SMILES string of the molecule is CCC(C#N)n1cnc(CO)c1. The van der Waals surface area contributed by atoms with E-state index in [1.54, 1.807) is 17.1 Å². The van der Waals surface area contributed by atoms with Crippen molar-refractivity contribution < 1.29 is 5.11 Å². The van der Waals surface area contributed by atoms with Crippen LogP contribution in [0.3, 0.4) is 0 Å². The number of aliphatic hydroxyl groups is 1. The van der Waals surface area contributed by atoms with E-state index in [2.05, 4.69) is 11.1 Å². The second kappa shape index (κ2) is 3.88. The Morgan fingerprint density at radius 3 is 3.00 bits per heavy atom. The second-order valence-corrected chi connectivity index (χ2v) is 2.52. The molecule has 0 fully saturated rings. The van der Waals surface area contributed by atoms with E-state index in [1.807, 2.05) is 6.92 Å². The van der Waals surface area contributed by atoms with Gasteiger partial charge in [-0.25, -0.2) is 4.98 Å². The lowest BCUT2D eigenvalue weighted by Crippen LogP contribution is -2.02. The number of rotatable bonds is 3. The number of nitrogens with zero attached hydrogens (tertiary/aromatic N) is 3. The molecule has 1 atom stereocenters. The fraction of sp³-hybridized carbons (Fsp3) is 0.500. The number of imidazole rings is 1. The quantitative estimate of drug-likeness (QED) is 0.722. The van der Waals surface area contributed by atoms with Gasteiger partial charge in [-0.15, -0.1) is 0 Å². The molecule has 1 rings (SSSR count). The first-order valence-electron chi connectivity index (χ1n) is 3.84. The van der Waals surface area contributed by atoms with E-state index in [4.69, 9.17) is 10.4 Å². The van der Waals surface area contributed by atoms with E-state index in [-0.39, 0.29) is 12.6 Å². The Hall–Kier alpha value is -1.34. The van der Waals surface area contributed by atoms with Crippen LogP contribution in [-0.4, -0.2) is 14.7 Å². The van der Waals surface area contributed by atoms with Crippen molar-refractivity contribution in [3.05, 3.63) is 18.2 Å². The zero-order chi connectivity index (χ0) is 8.97. The highest BCUT2D eigenvalue weighted by Crippen LogP contribution is 2.09. The summed E-state index contributed by atoms with van der Waals surface area (Å²) in [4.78, 5) is 3.91. The van der Waals surface area contributed by atoms with Gasteiger partial charge in [0.2, 0.25) is 0 Å². The highest BCUT2D eigenvalue weighted by atomic mass is 16.3. The van der Waals surface area contributed by atoms with Crippen molar-refractivity contribution in [3.8, 4) is 6.07 Å². The third-order valence-electron chi connectivity index (χ3n) is 1.71. The Labute approximate surface area is 71.1 Å². The van der Waals surface area contributed by atoms with E-state index in [1.165, 1.54) is 0 Å². The predicted molar refractivity (Wildman–Crippen MR) is 43.1 cm³/mol. The zero-order valence-corrected chi connectivity index (χ0v) is 6.94. The molecule has 1 heterocycles. The van der Waals surface area contributed by atoms with Crippen molar-refractivity contribution >= 4 is 0 Å². The van der Waals surface area contributed by atoms with Crippen molar-refractivity contribution in [2.75, 3.05) is 0 Å². The number of aliphatic hydroxyl groups excluding tert-OH is 1. The van der Waals surface area contributed by atoms with Crippen LogP contribution in [0.5, 0.6) is 0 Å². The van der Waals surface area contributed by atoms with Crippen molar-refractivity contribution in [2.24, 2.45) is 0 Å². The van der Waals surface area contributed by atoms with Crippen LogP contribution in [0.15, 0.2) is 12.5 Å². The molecule has 0 saturated heterocycles. The summed E-state index contributed by atoms with van der Waals surface area (Å²) in [6.07, 6.45) is 4.01. The highest BCUT2D eigenvalue weighted by Gasteiger charge is 2.06. The van der Waals surface area contributed by atoms with Crippen LogP contribution >= 0.6 is 0 Å². The van der Waals surface area contributed by atoms with Crippen LogP contribution in [-0.2, 0) is 6.61 Å². The molecule has 0 aliphatic rings. The Morgan fingerprint density at radius 2 is 2.58 bits per heavy atom. The summed E-state index contributed by atoms with van der Waals surface area (Å²) >= 11 is 0. The third-order valence-corrected chi connectivity index (χ3v) is 1.71. The van der Waals surface area contributed by atoms with Gasteiger partial charge in [-0.2, -0.15) is 5.26 Å². The highest BCUT2D eigenvalue weighted by molar-refractivity contribution is 5.00. The Morgan fingerprint density at radius 1 is 1.83 bits per heavy atom. The van der Waals surface area contributed by atoms with Crippen molar-refractivity contribution in [3.63, 3.8) is 0 Å². The normalized spacial score (nSPS) is 12.4. The minimum Gasteiger partial charge on any atom is -0.390 e. The van der Waals surface area contributed by atoms with Gasteiger partial charge < -0.3 is 9.67 Å². The number of aromatic nitrogens is 2. The van der Waals surface area contributed by atoms with E-state index in [9.17, 15) is 0 Å². The molecule has 1 N–H and O–H groups in total. The lowest BCUT2D eigenvalue weighted by Gasteiger charge is -2.05. The van der Waals surface area contributed by atoms with Crippen LogP contribution in [0.2, 0.25) is 0 Å². The van der Waals surface area contributed by atoms with Gasteiger partial charge in [0.25, 0.3) is 0 Å². The molecule has 0 amide bonds. The molecule has 0 bridgehead atoms. The minimum atomic E-state index is -0.169. The molecular weight excluding hydrogens is 154 g/mol. The summed E-state index contributed by atoms with van der Waals surface area (Å²) in [6.45, 7) is 1.86. The van der Waals surface area contributed by atoms with Crippen LogP contribution < -0.4 is 0 Å². The smallest absolute Gasteiger partial charge is 0.121 e. The maximum Gasteiger partial charge on any atom is 0.121 e. The molecule has 4 heteroatoms. The zero-order valence-electron chi connectivity index (χ0n) is 6.94. The van der Waals surface area contributed by atoms with Crippen LogP contribution in [0.4, 0.5) is 0 Å². The lowest BCUT2D eigenvalue weighted by atomic mass is 10.2. The average Bonchev–Trinajstić information content (AvgIpc) is 2.55. The summed E-state index contributed by atoms with van der Waals surface area (Å²) in [5.74, 6) is 0. The molecule has 0 aliphatic carbocycles. The molecule has 0 aromatic carbocycles. The minimum absolute atomic E-state index is 0.0745. The maximum atomic E-state index is 8.72. The molecule has 0 radical (unpaired) electrons. The van der Waals surface area contributed by atoms with E-state index in [0.717, 1.165) is 6.42 Å². The standard InChI is InChI=1S/C8H11N3O/c1-2-8(3-9)11-4-7(5-12)10-6-11/h4,6,8,12H,2,5H2,1H3. The number of nitriles is 1. The van der Waals surface area contributed by atoms with Crippen molar-refractivity contribution in [2.45, 2.75) is 26.0 Å². The number of hydrogen-bond donors (Lipinski definition) is 1. The van der Waals surface area contributed by atoms with Gasteiger partial charge in [0.05, 0.1) is 24.7 Å². The van der Waals surface area contributed by atoms with Gasteiger partial charge in [-0.3, -0.25) is 0 Å². The fourth-order valence-electron chi connectivity index (χ4n) is 1.00. The predicted octanol–water partition coefficient (Wildman–Crippen LogP) is 0.850. The topological polar surface area (TPSA) is 61.8 Å². The van der Waals surface area contributed by atoms with E-state index >= 15 is 0 Å². The second-order valence-electron chi connectivity index (χ2n) is 2.52. The average molecular weight is 165 g/mol. The van der Waals surface area contributed by atoms with Crippen molar-refractivity contribution in [1.29, 1.82) is 5.26 Å². The summed E-state index contributed by atoms with van der Waals surface area (Å²) in [7, 11) is 0. The summed E-state index contributed by atoms with van der Waals surface area (Å²) in [5, 5.41) is 17.4. The third kappa shape index (κ3) is 1.63. The largest absolute Gasteiger partial charge is 0.390 e. The molecule has 64 valence electrons. The fourth-order valence-corrected chi connectivity index (χ4v) is 1.00. The summed E-state index contributed by atoms with van der Waals surface area (Å²) in [5.41, 5.74) is 0.601. The van der Waals surface area contributed by atoms with Gasteiger partial charge in [0.15, 0.2) is 0 Å². The first kappa shape index (κ1) is 8.75. The molecular formula is C8H11N3O. The number of hydrogen-bond acceptors (Lipinski definition) is 3. The van der Waals surface area contributed by atoms with E-state index in [0.29, 0.717) is 5.69 Å².